The highest BCUT2D eigenvalue weighted by Crippen LogP contribution is 2.43. The highest BCUT2D eigenvalue weighted by Gasteiger charge is 2.43. The van der Waals surface area contributed by atoms with Gasteiger partial charge in [-0.15, -0.1) is 0 Å². The number of rotatable bonds is 5. The molecule has 0 radical (unpaired) electrons. The molecule has 0 spiro atoms. The van der Waals surface area contributed by atoms with Crippen molar-refractivity contribution in [3.05, 3.63) is 11.7 Å². The summed E-state index contributed by atoms with van der Waals surface area (Å²) in [7, 11) is 1.71. The molecule has 2 atom stereocenters. The van der Waals surface area contributed by atoms with E-state index < -0.39 is 0 Å². The second-order valence-electron chi connectivity index (χ2n) is 4.88. The van der Waals surface area contributed by atoms with Crippen LogP contribution in [-0.4, -0.2) is 23.3 Å². The molecule has 17 heavy (non-hydrogen) atoms. The number of aromatic nitrogens is 2. The summed E-state index contributed by atoms with van der Waals surface area (Å²) in [5.41, 5.74) is 5.61. The minimum atomic E-state index is -0.308. The summed E-state index contributed by atoms with van der Waals surface area (Å²) in [6.45, 7) is 4.04. The van der Waals surface area contributed by atoms with Gasteiger partial charge in [-0.05, 0) is 32.6 Å². The highest BCUT2D eigenvalue weighted by molar-refractivity contribution is 5.08. The minimum absolute atomic E-state index is 0.0215. The summed E-state index contributed by atoms with van der Waals surface area (Å²) in [5, 5.41) is 4.07. The zero-order valence-corrected chi connectivity index (χ0v) is 10.8. The normalized spacial score (nSPS) is 21.9. The molecule has 1 fully saturated rings. The lowest BCUT2D eigenvalue weighted by molar-refractivity contribution is -0.0858. The molecular formula is C12H21N3O2. The van der Waals surface area contributed by atoms with Gasteiger partial charge >= 0.3 is 0 Å². The fraction of sp³-hybridized carbons (Fsp3) is 0.833. The lowest BCUT2D eigenvalue weighted by Crippen LogP contribution is -2.37. The maximum absolute atomic E-state index is 5.92. The molecule has 0 saturated heterocycles. The number of ether oxygens (including phenoxy) is 1. The van der Waals surface area contributed by atoms with Crippen molar-refractivity contribution in [1.82, 2.24) is 10.1 Å². The first kappa shape index (κ1) is 12.5. The molecule has 2 N–H and O–H groups in total. The van der Waals surface area contributed by atoms with Gasteiger partial charge in [0.1, 0.15) is 5.60 Å². The van der Waals surface area contributed by atoms with Crippen molar-refractivity contribution in [3.63, 3.8) is 0 Å². The monoisotopic (exact) mass is 239 g/mol. The predicted molar refractivity (Wildman–Crippen MR) is 63.5 cm³/mol. The quantitative estimate of drug-likeness (QED) is 0.849. The van der Waals surface area contributed by atoms with Gasteiger partial charge in [-0.2, -0.15) is 4.98 Å². The van der Waals surface area contributed by atoms with Crippen molar-refractivity contribution >= 4 is 0 Å². The van der Waals surface area contributed by atoms with Crippen LogP contribution in [0.25, 0.3) is 0 Å². The second kappa shape index (κ2) is 4.74. The summed E-state index contributed by atoms with van der Waals surface area (Å²) in [4.78, 5) is 4.48. The van der Waals surface area contributed by atoms with Crippen LogP contribution in [0.4, 0.5) is 0 Å². The van der Waals surface area contributed by atoms with E-state index in [0.717, 1.165) is 25.7 Å². The molecule has 0 aliphatic heterocycles. The SMILES string of the molecule is CCC(c1nc(C2(OC)CCC2)no1)C(C)N. The molecule has 1 aliphatic rings. The number of hydrogen-bond donors (Lipinski definition) is 1. The average Bonchev–Trinajstić information content (AvgIpc) is 2.67. The van der Waals surface area contributed by atoms with Crippen LogP contribution in [0.1, 0.15) is 57.2 Å². The van der Waals surface area contributed by atoms with Crippen molar-refractivity contribution in [2.75, 3.05) is 7.11 Å². The Hall–Kier alpha value is -0.940. The van der Waals surface area contributed by atoms with Crippen LogP contribution in [0.3, 0.4) is 0 Å². The van der Waals surface area contributed by atoms with E-state index >= 15 is 0 Å². The molecule has 96 valence electrons. The number of hydrogen-bond acceptors (Lipinski definition) is 5. The summed E-state index contributed by atoms with van der Waals surface area (Å²) >= 11 is 0. The first-order chi connectivity index (χ1) is 8.13. The van der Waals surface area contributed by atoms with E-state index in [1.807, 2.05) is 6.92 Å². The molecule has 1 aromatic rings. The third kappa shape index (κ3) is 2.09. The van der Waals surface area contributed by atoms with Crippen molar-refractivity contribution in [2.24, 2.45) is 5.73 Å². The van der Waals surface area contributed by atoms with E-state index in [1.165, 1.54) is 0 Å². The van der Waals surface area contributed by atoms with Gasteiger partial charge < -0.3 is 15.0 Å². The first-order valence-electron chi connectivity index (χ1n) is 6.28. The Kier molecular flexibility index (Phi) is 3.49. The average molecular weight is 239 g/mol. The van der Waals surface area contributed by atoms with Crippen LogP contribution < -0.4 is 5.73 Å². The van der Waals surface area contributed by atoms with Crippen molar-refractivity contribution < 1.29 is 9.26 Å². The van der Waals surface area contributed by atoms with E-state index in [-0.39, 0.29) is 17.6 Å². The van der Waals surface area contributed by atoms with E-state index in [4.69, 9.17) is 15.0 Å². The van der Waals surface area contributed by atoms with E-state index in [2.05, 4.69) is 17.1 Å². The van der Waals surface area contributed by atoms with E-state index in [1.54, 1.807) is 7.11 Å². The molecule has 1 saturated carbocycles. The van der Waals surface area contributed by atoms with Gasteiger partial charge in [-0.1, -0.05) is 12.1 Å². The van der Waals surface area contributed by atoms with Gasteiger partial charge in [0.25, 0.3) is 0 Å². The molecule has 5 nitrogen and oxygen atoms in total. The summed E-state index contributed by atoms with van der Waals surface area (Å²) in [6, 6.07) is 0.0215. The molecule has 2 unspecified atom stereocenters. The summed E-state index contributed by atoms with van der Waals surface area (Å²) < 4.78 is 10.9. The molecule has 0 bridgehead atoms. The van der Waals surface area contributed by atoms with Gasteiger partial charge in [-0.25, -0.2) is 0 Å². The predicted octanol–water partition coefficient (Wildman–Crippen LogP) is 1.94. The standard InChI is InChI=1S/C12H21N3O2/c1-4-9(8(2)13)10-14-11(15-17-10)12(16-3)6-5-7-12/h8-9H,4-7,13H2,1-3H3. The van der Waals surface area contributed by atoms with Gasteiger partial charge in [0, 0.05) is 13.2 Å². The third-order valence-electron chi connectivity index (χ3n) is 3.79. The Balaban J connectivity index is 2.20. The molecule has 1 aromatic heterocycles. The van der Waals surface area contributed by atoms with E-state index in [0.29, 0.717) is 11.7 Å². The Bertz CT molecular complexity index is 366. The first-order valence-corrected chi connectivity index (χ1v) is 6.28. The molecule has 2 rings (SSSR count). The molecule has 1 aliphatic carbocycles. The number of methoxy groups -OCH3 is 1. The molecule has 1 heterocycles. The molecule has 0 aromatic carbocycles. The number of nitrogens with zero attached hydrogens (tertiary/aromatic N) is 2. The largest absolute Gasteiger partial charge is 0.370 e. The van der Waals surface area contributed by atoms with Gasteiger partial charge in [0.2, 0.25) is 11.7 Å². The van der Waals surface area contributed by atoms with Crippen molar-refractivity contribution in [3.8, 4) is 0 Å². The molecular weight excluding hydrogens is 218 g/mol. The maximum atomic E-state index is 5.92. The lowest BCUT2D eigenvalue weighted by atomic mass is 9.79. The summed E-state index contributed by atoms with van der Waals surface area (Å²) in [5.74, 6) is 1.45. The smallest absolute Gasteiger partial charge is 0.231 e. The third-order valence-corrected chi connectivity index (χ3v) is 3.79. The molecule has 0 amide bonds. The van der Waals surface area contributed by atoms with Crippen LogP contribution >= 0.6 is 0 Å². The molecule has 5 heteroatoms. The van der Waals surface area contributed by atoms with Gasteiger partial charge in [0.15, 0.2) is 0 Å². The van der Waals surface area contributed by atoms with Crippen LogP contribution in [0.5, 0.6) is 0 Å². The zero-order valence-electron chi connectivity index (χ0n) is 10.8. The topological polar surface area (TPSA) is 74.2 Å². The maximum Gasteiger partial charge on any atom is 0.231 e. The van der Waals surface area contributed by atoms with Crippen molar-refractivity contribution in [1.29, 1.82) is 0 Å². The minimum Gasteiger partial charge on any atom is -0.370 e. The van der Waals surface area contributed by atoms with Crippen LogP contribution in [0, 0.1) is 0 Å². The van der Waals surface area contributed by atoms with Crippen molar-refractivity contribution in [2.45, 2.75) is 57.1 Å². The fourth-order valence-electron chi connectivity index (χ4n) is 2.36. The highest BCUT2D eigenvalue weighted by atomic mass is 16.5. The zero-order chi connectivity index (χ0) is 12.5. The van der Waals surface area contributed by atoms with Crippen LogP contribution in [0.15, 0.2) is 4.52 Å². The van der Waals surface area contributed by atoms with Gasteiger partial charge in [0.05, 0.1) is 5.92 Å². The number of nitrogens with two attached hydrogens (primary N) is 1. The van der Waals surface area contributed by atoms with E-state index in [9.17, 15) is 0 Å². The Labute approximate surface area is 102 Å². The Morgan fingerprint density at radius 3 is 2.65 bits per heavy atom. The van der Waals surface area contributed by atoms with Crippen LogP contribution in [-0.2, 0) is 10.3 Å². The van der Waals surface area contributed by atoms with Gasteiger partial charge in [-0.3, -0.25) is 0 Å². The second-order valence-corrected chi connectivity index (χ2v) is 4.88. The van der Waals surface area contributed by atoms with Crippen LogP contribution in [0.2, 0.25) is 0 Å². The summed E-state index contributed by atoms with van der Waals surface area (Å²) in [6.07, 6.45) is 4.00. The Morgan fingerprint density at radius 1 is 1.53 bits per heavy atom. The Morgan fingerprint density at radius 2 is 2.24 bits per heavy atom. The lowest BCUT2D eigenvalue weighted by Gasteiger charge is -2.37. The fourth-order valence-corrected chi connectivity index (χ4v) is 2.36.